The van der Waals surface area contributed by atoms with Gasteiger partial charge in [-0.3, -0.25) is 0 Å². The van der Waals surface area contributed by atoms with Crippen molar-refractivity contribution < 1.29 is 9.47 Å². The highest BCUT2D eigenvalue weighted by atomic mass is 16.5. The predicted octanol–water partition coefficient (Wildman–Crippen LogP) is 3.49. The van der Waals surface area contributed by atoms with Crippen molar-refractivity contribution in [2.75, 3.05) is 27.4 Å². The molecule has 0 atom stereocenters. The van der Waals surface area contributed by atoms with Crippen LogP contribution in [-0.4, -0.2) is 27.4 Å². The van der Waals surface area contributed by atoms with E-state index < -0.39 is 0 Å². The third-order valence-corrected chi connectivity index (χ3v) is 2.94. The van der Waals surface area contributed by atoms with Crippen LogP contribution in [0.25, 0.3) is 6.08 Å². The number of hydrogen-bond donors (Lipinski definition) is 0. The first-order valence-electron chi connectivity index (χ1n) is 6.53. The number of aryl methyl sites for hydroxylation is 2. The monoisotopic (exact) mass is 248 g/mol. The van der Waals surface area contributed by atoms with E-state index in [-0.39, 0.29) is 0 Å². The molecule has 0 aliphatic heterocycles. The van der Waals surface area contributed by atoms with Gasteiger partial charge in [0.25, 0.3) is 0 Å². The Labute approximate surface area is 111 Å². The summed E-state index contributed by atoms with van der Waals surface area (Å²) in [6.07, 6.45) is 6.17. The average Bonchev–Trinajstić information content (AvgIpc) is 2.39. The number of rotatable bonds is 9. The molecule has 0 aliphatic rings. The van der Waals surface area contributed by atoms with E-state index in [0.29, 0.717) is 0 Å². The molecular weight excluding hydrogens is 224 g/mol. The molecule has 1 aromatic carbocycles. The van der Waals surface area contributed by atoms with Gasteiger partial charge in [-0.2, -0.15) is 0 Å². The molecule has 0 spiro atoms. The van der Waals surface area contributed by atoms with Crippen molar-refractivity contribution >= 4 is 6.08 Å². The fourth-order valence-electron chi connectivity index (χ4n) is 2.04. The summed E-state index contributed by atoms with van der Waals surface area (Å²) < 4.78 is 10.2. The maximum absolute atomic E-state index is 5.09. The molecule has 1 rings (SSSR count). The smallest absolute Gasteiger partial charge is 0.0465 e. The van der Waals surface area contributed by atoms with Gasteiger partial charge in [-0.25, -0.2) is 0 Å². The van der Waals surface area contributed by atoms with Gasteiger partial charge in [0.2, 0.25) is 0 Å². The van der Waals surface area contributed by atoms with Crippen LogP contribution in [0.15, 0.2) is 24.8 Å². The van der Waals surface area contributed by atoms with Gasteiger partial charge in [0.15, 0.2) is 0 Å². The Bertz CT molecular complexity index is 330. The molecule has 2 heteroatoms. The molecule has 0 heterocycles. The maximum atomic E-state index is 5.09. The molecule has 0 unspecified atom stereocenters. The third-order valence-electron chi connectivity index (χ3n) is 2.94. The zero-order valence-electron chi connectivity index (χ0n) is 11.6. The molecule has 0 fully saturated rings. The Morgan fingerprint density at radius 3 is 1.83 bits per heavy atom. The van der Waals surface area contributed by atoms with Gasteiger partial charge >= 0.3 is 0 Å². The summed E-state index contributed by atoms with van der Waals surface area (Å²) in [4.78, 5) is 0. The first kappa shape index (κ1) is 14.9. The molecule has 0 amide bonds. The highest BCUT2D eigenvalue weighted by Crippen LogP contribution is 2.15. The van der Waals surface area contributed by atoms with Crippen molar-refractivity contribution in [2.45, 2.75) is 25.7 Å². The van der Waals surface area contributed by atoms with Crippen LogP contribution in [0.5, 0.6) is 0 Å². The van der Waals surface area contributed by atoms with Crippen LogP contribution in [-0.2, 0) is 22.3 Å². The number of benzene rings is 1. The fraction of sp³-hybridized carbons (Fsp3) is 0.500. The Balaban J connectivity index is 2.64. The lowest BCUT2D eigenvalue weighted by molar-refractivity contribution is 0.195. The molecule has 0 N–H and O–H groups in total. The Morgan fingerprint density at radius 1 is 0.944 bits per heavy atom. The van der Waals surface area contributed by atoms with Crippen LogP contribution in [0.4, 0.5) is 0 Å². The fourth-order valence-corrected chi connectivity index (χ4v) is 2.04. The first-order chi connectivity index (χ1) is 8.80. The quantitative estimate of drug-likeness (QED) is 0.623. The molecule has 2 nitrogen and oxygen atoms in total. The van der Waals surface area contributed by atoms with E-state index in [4.69, 9.17) is 9.47 Å². The minimum absolute atomic E-state index is 0.817. The molecule has 0 saturated heterocycles. The zero-order valence-corrected chi connectivity index (χ0v) is 11.6. The molecule has 0 bridgehead atoms. The first-order valence-corrected chi connectivity index (χ1v) is 6.53. The van der Waals surface area contributed by atoms with Gasteiger partial charge in [-0.1, -0.05) is 30.9 Å². The number of methoxy groups -OCH3 is 2. The lowest BCUT2D eigenvalue weighted by atomic mass is 10.00. The van der Waals surface area contributed by atoms with E-state index in [1.807, 2.05) is 6.08 Å². The van der Waals surface area contributed by atoms with Gasteiger partial charge in [0.1, 0.15) is 0 Å². The molecule has 1 aromatic rings. The predicted molar refractivity (Wildman–Crippen MR) is 76.9 cm³/mol. The van der Waals surface area contributed by atoms with Crippen molar-refractivity contribution in [3.8, 4) is 0 Å². The van der Waals surface area contributed by atoms with Crippen LogP contribution in [0.3, 0.4) is 0 Å². The topological polar surface area (TPSA) is 18.5 Å². The second kappa shape index (κ2) is 8.90. The van der Waals surface area contributed by atoms with Crippen molar-refractivity contribution in [1.29, 1.82) is 0 Å². The van der Waals surface area contributed by atoms with E-state index in [2.05, 4.69) is 24.8 Å². The van der Waals surface area contributed by atoms with Crippen molar-refractivity contribution in [2.24, 2.45) is 0 Å². The summed E-state index contributed by atoms with van der Waals surface area (Å²) in [6.45, 7) is 5.49. The molecule has 0 aromatic heterocycles. The molecule has 0 saturated carbocycles. The third kappa shape index (κ3) is 5.48. The summed E-state index contributed by atoms with van der Waals surface area (Å²) in [7, 11) is 3.49. The second-order valence-corrected chi connectivity index (χ2v) is 4.48. The lowest BCUT2D eigenvalue weighted by Crippen LogP contribution is -1.97. The van der Waals surface area contributed by atoms with E-state index >= 15 is 0 Å². The summed E-state index contributed by atoms with van der Waals surface area (Å²) >= 11 is 0. The van der Waals surface area contributed by atoms with E-state index in [1.54, 1.807) is 14.2 Å². The van der Waals surface area contributed by atoms with Gasteiger partial charge in [-0.15, -0.1) is 0 Å². The Kier molecular flexibility index (Phi) is 7.38. The van der Waals surface area contributed by atoms with Crippen LogP contribution in [0.1, 0.15) is 29.5 Å². The molecule has 0 aliphatic carbocycles. The summed E-state index contributed by atoms with van der Waals surface area (Å²) in [6, 6.07) is 6.71. The molecular formula is C16H24O2. The number of ether oxygens (including phenoxy) is 2. The molecule has 0 radical (unpaired) electrons. The minimum Gasteiger partial charge on any atom is -0.385 e. The lowest BCUT2D eigenvalue weighted by Gasteiger charge is -2.08. The number of hydrogen-bond acceptors (Lipinski definition) is 2. The van der Waals surface area contributed by atoms with Crippen LogP contribution >= 0.6 is 0 Å². The van der Waals surface area contributed by atoms with Gasteiger partial charge in [0.05, 0.1) is 0 Å². The van der Waals surface area contributed by atoms with E-state index in [9.17, 15) is 0 Å². The summed E-state index contributed by atoms with van der Waals surface area (Å²) in [5.41, 5.74) is 3.95. The van der Waals surface area contributed by atoms with E-state index in [0.717, 1.165) is 38.9 Å². The van der Waals surface area contributed by atoms with Crippen molar-refractivity contribution in [3.05, 3.63) is 41.5 Å². The second-order valence-electron chi connectivity index (χ2n) is 4.48. The summed E-state index contributed by atoms with van der Waals surface area (Å²) in [5.74, 6) is 0. The summed E-state index contributed by atoms with van der Waals surface area (Å²) in [5, 5.41) is 0. The van der Waals surface area contributed by atoms with Gasteiger partial charge in [-0.05, 0) is 42.4 Å². The highest BCUT2D eigenvalue weighted by Gasteiger charge is 2.00. The normalized spacial score (nSPS) is 10.6. The van der Waals surface area contributed by atoms with Crippen molar-refractivity contribution in [3.63, 3.8) is 0 Å². The largest absolute Gasteiger partial charge is 0.385 e. The Hall–Kier alpha value is -1.12. The SMILES string of the molecule is C=Cc1cc(CCCOC)cc(CCCOC)c1. The van der Waals surface area contributed by atoms with Crippen LogP contribution in [0, 0.1) is 0 Å². The standard InChI is InChI=1S/C16H24O2/c1-4-14-11-15(7-5-9-17-2)13-16(12-14)8-6-10-18-3/h4,11-13H,1,5-10H2,2-3H3. The molecule has 100 valence electrons. The average molecular weight is 248 g/mol. The highest BCUT2D eigenvalue weighted by molar-refractivity contribution is 5.50. The van der Waals surface area contributed by atoms with E-state index in [1.165, 1.54) is 16.7 Å². The van der Waals surface area contributed by atoms with Crippen molar-refractivity contribution in [1.82, 2.24) is 0 Å². The minimum atomic E-state index is 0.817. The Morgan fingerprint density at radius 2 is 1.44 bits per heavy atom. The molecule has 18 heavy (non-hydrogen) atoms. The van der Waals surface area contributed by atoms with Gasteiger partial charge < -0.3 is 9.47 Å². The van der Waals surface area contributed by atoms with Crippen LogP contribution in [0.2, 0.25) is 0 Å². The van der Waals surface area contributed by atoms with Crippen LogP contribution < -0.4 is 0 Å². The zero-order chi connectivity index (χ0) is 13.2. The van der Waals surface area contributed by atoms with Gasteiger partial charge in [0, 0.05) is 27.4 Å². The maximum Gasteiger partial charge on any atom is 0.0465 e.